The Morgan fingerprint density at radius 2 is 2.18 bits per heavy atom. The number of halogens is 1. The molecular formula is C14H17ClN4O3. The van der Waals surface area contributed by atoms with Crippen LogP contribution in [0.2, 0.25) is 5.02 Å². The Labute approximate surface area is 132 Å². The van der Waals surface area contributed by atoms with Crippen LogP contribution in [0.15, 0.2) is 23.0 Å². The van der Waals surface area contributed by atoms with Crippen LogP contribution in [0.3, 0.4) is 0 Å². The topological polar surface area (TPSA) is 87.5 Å². The molecule has 1 aromatic heterocycles. The van der Waals surface area contributed by atoms with Crippen LogP contribution in [0.1, 0.15) is 20.3 Å². The summed E-state index contributed by atoms with van der Waals surface area (Å²) in [6.45, 7) is 4.29. The van der Waals surface area contributed by atoms with E-state index in [2.05, 4.69) is 10.4 Å². The zero-order valence-corrected chi connectivity index (χ0v) is 13.1. The molecule has 8 heteroatoms. The summed E-state index contributed by atoms with van der Waals surface area (Å²) in [5, 5.41) is 10.5. The normalized spacial score (nSPS) is 10.7. The second-order valence-corrected chi connectivity index (χ2v) is 5.13. The minimum absolute atomic E-state index is 0.0208. The van der Waals surface area contributed by atoms with Crippen LogP contribution in [-0.4, -0.2) is 32.3 Å². The summed E-state index contributed by atoms with van der Waals surface area (Å²) in [5.74, 6) is -0.0208. The van der Waals surface area contributed by atoms with Gasteiger partial charge < -0.3 is 9.67 Å². The number of hydrogen-bond donors (Lipinski definition) is 2. The summed E-state index contributed by atoms with van der Waals surface area (Å²) in [4.78, 5) is 27.8. The van der Waals surface area contributed by atoms with Gasteiger partial charge in [-0.05, 0) is 31.5 Å². The Morgan fingerprint density at radius 3 is 2.77 bits per heavy atom. The van der Waals surface area contributed by atoms with Gasteiger partial charge in [-0.25, -0.2) is 14.8 Å². The minimum atomic E-state index is -1.18. The molecule has 22 heavy (non-hydrogen) atoms. The van der Waals surface area contributed by atoms with Gasteiger partial charge >= 0.3 is 6.09 Å². The predicted octanol–water partition coefficient (Wildman–Crippen LogP) is 2.79. The molecule has 0 aliphatic rings. The number of aromatic nitrogens is 2. The summed E-state index contributed by atoms with van der Waals surface area (Å²) in [6.07, 6.45) is -0.427. The highest BCUT2D eigenvalue weighted by atomic mass is 35.5. The van der Waals surface area contributed by atoms with E-state index in [1.165, 1.54) is 0 Å². The number of carboxylic acid groups (broad SMARTS) is 1. The fourth-order valence-electron chi connectivity index (χ4n) is 2.12. The quantitative estimate of drug-likeness (QED) is 0.826. The molecule has 0 fully saturated rings. The van der Waals surface area contributed by atoms with Gasteiger partial charge in [0.1, 0.15) is 0 Å². The average molecular weight is 325 g/mol. The van der Waals surface area contributed by atoms with Crippen LogP contribution in [0.5, 0.6) is 0 Å². The fraction of sp³-hybridized carbons (Fsp3) is 0.357. The first-order valence-electron chi connectivity index (χ1n) is 6.95. The lowest BCUT2D eigenvalue weighted by atomic mass is 10.3. The maximum absolute atomic E-state index is 12.5. The number of anilines is 1. The van der Waals surface area contributed by atoms with Crippen molar-refractivity contribution in [3.8, 4) is 0 Å². The van der Waals surface area contributed by atoms with E-state index in [9.17, 15) is 9.59 Å². The van der Waals surface area contributed by atoms with Gasteiger partial charge in [-0.1, -0.05) is 18.5 Å². The van der Waals surface area contributed by atoms with Crippen molar-refractivity contribution in [2.24, 2.45) is 0 Å². The van der Waals surface area contributed by atoms with Crippen molar-refractivity contribution in [3.63, 3.8) is 0 Å². The predicted molar refractivity (Wildman–Crippen MR) is 85.3 cm³/mol. The van der Waals surface area contributed by atoms with Crippen LogP contribution in [0.25, 0.3) is 11.0 Å². The third kappa shape index (κ3) is 3.14. The molecule has 1 aromatic carbocycles. The molecule has 1 heterocycles. The number of nitrogens with one attached hydrogen (secondary N) is 1. The first-order chi connectivity index (χ1) is 10.5. The van der Waals surface area contributed by atoms with Gasteiger partial charge in [0.15, 0.2) is 0 Å². The van der Waals surface area contributed by atoms with Crippen LogP contribution in [0, 0.1) is 0 Å². The highest BCUT2D eigenvalue weighted by Crippen LogP contribution is 2.18. The van der Waals surface area contributed by atoms with Crippen molar-refractivity contribution in [3.05, 3.63) is 33.6 Å². The molecule has 2 rings (SSSR count). The lowest BCUT2D eigenvalue weighted by molar-refractivity contribution is 0.157. The molecule has 0 spiro atoms. The first-order valence-corrected chi connectivity index (χ1v) is 7.33. The van der Waals surface area contributed by atoms with Gasteiger partial charge in [-0.15, -0.1) is 0 Å². The number of hydrogen-bond acceptors (Lipinski definition) is 4. The largest absolute Gasteiger partial charge is 0.464 e. The Bertz CT molecular complexity index is 760. The smallest absolute Gasteiger partial charge is 0.426 e. The van der Waals surface area contributed by atoms with E-state index < -0.39 is 6.09 Å². The number of hydrazine groups is 1. The van der Waals surface area contributed by atoms with E-state index in [1.54, 1.807) is 29.7 Å². The molecule has 0 bridgehead atoms. The summed E-state index contributed by atoms with van der Waals surface area (Å²) < 4.78 is 1.55. The monoisotopic (exact) mass is 324 g/mol. The second kappa shape index (κ2) is 6.65. The number of rotatable bonds is 5. The van der Waals surface area contributed by atoms with Crippen LogP contribution in [0.4, 0.5) is 10.6 Å². The van der Waals surface area contributed by atoms with Gasteiger partial charge in [0.2, 0.25) is 5.82 Å². The highest BCUT2D eigenvalue weighted by molar-refractivity contribution is 6.31. The Morgan fingerprint density at radius 1 is 1.45 bits per heavy atom. The summed E-state index contributed by atoms with van der Waals surface area (Å²) in [6, 6.07) is 5.06. The number of amides is 1. The lowest BCUT2D eigenvalue weighted by Gasteiger charge is -2.19. The van der Waals surface area contributed by atoms with E-state index in [4.69, 9.17) is 16.7 Å². The first kappa shape index (κ1) is 16.1. The molecule has 0 saturated carbocycles. The zero-order chi connectivity index (χ0) is 16.3. The summed E-state index contributed by atoms with van der Waals surface area (Å²) in [7, 11) is 0. The zero-order valence-electron chi connectivity index (χ0n) is 12.3. The molecule has 0 aliphatic heterocycles. The van der Waals surface area contributed by atoms with Crippen molar-refractivity contribution in [2.45, 2.75) is 26.8 Å². The van der Waals surface area contributed by atoms with Crippen LogP contribution in [-0.2, 0) is 6.54 Å². The number of benzene rings is 1. The van der Waals surface area contributed by atoms with Crippen molar-refractivity contribution >= 4 is 34.5 Å². The SMILES string of the molecule is CCCn1c(=O)c(NN(CC)C(=O)O)nc2ccc(Cl)cc21. The molecule has 7 nitrogen and oxygen atoms in total. The number of fused-ring (bicyclic) bond motifs is 1. The fourth-order valence-corrected chi connectivity index (χ4v) is 2.29. The van der Waals surface area contributed by atoms with Crippen molar-refractivity contribution in [1.82, 2.24) is 14.6 Å². The van der Waals surface area contributed by atoms with Gasteiger partial charge in [-0.3, -0.25) is 10.2 Å². The van der Waals surface area contributed by atoms with E-state index in [-0.39, 0.29) is 17.9 Å². The maximum atomic E-state index is 12.5. The lowest BCUT2D eigenvalue weighted by Crippen LogP contribution is -2.38. The number of nitrogens with zero attached hydrogens (tertiary/aromatic N) is 3. The molecule has 0 radical (unpaired) electrons. The van der Waals surface area contributed by atoms with E-state index >= 15 is 0 Å². The minimum Gasteiger partial charge on any atom is -0.464 e. The van der Waals surface area contributed by atoms with Gasteiger partial charge in [-0.2, -0.15) is 0 Å². The Kier molecular flexibility index (Phi) is 4.87. The third-order valence-electron chi connectivity index (χ3n) is 3.14. The summed E-state index contributed by atoms with van der Waals surface area (Å²) >= 11 is 5.99. The van der Waals surface area contributed by atoms with E-state index in [0.29, 0.717) is 22.6 Å². The second-order valence-electron chi connectivity index (χ2n) is 4.69. The molecule has 0 unspecified atom stereocenters. The standard InChI is InChI=1S/C14H17ClN4O3/c1-3-7-18-11-8-9(15)5-6-10(11)16-12(13(18)20)17-19(4-2)14(21)22/h5-6,8H,3-4,7H2,1-2H3,(H,16,17)(H,21,22). The highest BCUT2D eigenvalue weighted by Gasteiger charge is 2.15. The molecule has 0 atom stereocenters. The van der Waals surface area contributed by atoms with Crippen molar-refractivity contribution in [2.75, 3.05) is 12.0 Å². The van der Waals surface area contributed by atoms with Crippen LogP contribution >= 0.6 is 11.6 Å². The van der Waals surface area contributed by atoms with Gasteiger partial charge in [0, 0.05) is 18.1 Å². The average Bonchev–Trinajstić information content (AvgIpc) is 2.48. The maximum Gasteiger partial charge on any atom is 0.426 e. The molecule has 0 aliphatic carbocycles. The molecule has 118 valence electrons. The number of carbonyl (C=O) groups is 1. The van der Waals surface area contributed by atoms with E-state index in [1.807, 2.05) is 6.92 Å². The van der Waals surface area contributed by atoms with E-state index in [0.717, 1.165) is 11.4 Å². The number of aryl methyl sites for hydroxylation is 1. The van der Waals surface area contributed by atoms with Gasteiger partial charge in [0.25, 0.3) is 5.56 Å². The van der Waals surface area contributed by atoms with Crippen LogP contribution < -0.4 is 11.0 Å². The molecule has 2 aromatic rings. The molecule has 1 amide bonds. The molecule has 0 saturated heterocycles. The Hall–Kier alpha value is -2.28. The van der Waals surface area contributed by atoms with Crippen molar-refractivity contribution < 1.29 is 9.90 Å². The third-order valence-corrected chi connectivity index (χ3v) is 3.38. The molecule has 2 N–H and O–H groups in total. The van der Waals surface area contributed by atoms with Gasteiger partial charge in [0.05, 0.1) is 11.0 Å². The molecular weight excluding hydrogens is 308 g/mol. The summed E-state index contributed by atoms with van der Waals surface area (Å²) in [5.41, 5.74) is 3.38. The van der Waals surface area contributed by atoms with Crippen molar-refractivity contribution in [1.29, 1.82) is 0 Å². The Balaban J connectivity index is 2.61.